The van der Waals surface area contributed by atoms with Crippen molar-refractivity contribution in [2.75, 3.05) is 0 Å². The molecule has 0 aliphatic heterocycles. The molecule has 0 aromatic heterocycles. The number of hydrogen-bond acceptors (Lipinski definition) is 4. The minimum atomic E-state index is -0.167. The molecule has 0 atom stereocenters. The smallest absolute Gasteiger partial charge is 0.115 e. The summed E-state index contributed by atoms with van der Waals surface area (Å²) in [7, 11) is 0. The number of aliphatic hydroxyl groups is 2. The van der Waals surface area contributed by atoms with Gasteiger partial charge in [-0.3, -0.25) is 0 Å². The van der Waals surface area contributed by atoms with Crippen LogP contribution in [0, 0.1) is 0 Å². The molecule has 0 amide bonds. The van der Waals surface area contributed by atoms with Crippen molar-refractivity contribution in [3.05, 3.63) is 60.7 Å². The van der Waals surface area contributed by atoms with Gasteiger partial charge in [-0.1, -0.05) is 36.4 Å². The van der Waals surface area contributed by atoms with Gasteiger partial charge in [-0.25, -0.2) is 0 Å². The zero-order valence-corrected chi connectivity index (χ0v) is 15.8. The first-order valence-corrected chi connectivity index (χ1v) is 7.09. The van der Waals surface area contributed by atoms with Gasteiger partial charge in [0.2, 0.25) is 0 Å². The molecule has 0 fully saturated rings. The van der Waals surface area contributed by atoms with Crippen molar-refractivity contribution in [2.24, 2.45) is 0 Å². The van der Waals surface area contributed by atoms with Crippen LogP contribution >= 0.6 is 0 Å². The summed E-state index contributed by atoms with van der Waals surface area (Å²) in [6.07, 6.45) is -0.333. The van der Waals surface area contributed by atoms with Crippen molar-refractivity contribution in [1.29, 1.82) is 0 Å². The summed E-state index contributed by atoms with van der Waals surface area (Å²) in [4.78, 5) is 0. The molecule has 2 rings (SSSR count). The van der Waals surface area contributed by atoms with Crippen LogP contribution in [0.5, 0.6) is 11.5 Å². The molecule has 23 heavy (non-hydrogen) atoms. The second kappa shape index (κ2) is 18.7. The molecule has 5 heteroatoms. The van der Waals surface area contributed by atoms with E-state index in [2.05, 4.69) is 0 Å². The first-order chi connectivity index (χ1) is 10.3. The summed E-state index contributed by atoms with van der Waals surface area (Å²) in [5, 5.41) is 33.4. The summed E-state index contributed by atoms with van der Waals surface area (Å²) in [5.74, 6) is 0.644. The van der Waals surface area contributed by atoms with E-state index in [9.17, 15) is 0 Å². The second-order valence-electron chi connectivity index (χ2n) is 4.86. The Morgan fingerprint density at radius 2 is 0.739 bits per heavy atom. The summed E-state index contributed by atoms with van der Waals surface area (Å²) in [6, 6.07) is 17.4. The predicted molar refractivity (Wildman–Crippen MR) is 90.9 cm³/mol. The topological polar surface area (TPSA) is 80.9 Å². The van der Waals surface area contributed by atoms with Gasteiger partial charge in [0.25, 0.3) is 0 Å². The summed E-state index contributed by atoms with van der Waals surface area (Å²) in [6.45, 7) is 6.89. The van der Waals surface area contributed by atoms with E-state index >= 15 is 0 Å². The van der Waals surface area contributed by atoms with E-state index in [0.29, 0.717) is 11.5 Å². The number of hydrogen-bond donors (Lipinski definition) is 4. The quantitative estimate of drug-likeness (QED) is 0.544. The van der Waals surface area contributed by atoms with E-state index in [1.54, 1.807) is 76.2 Å². The van der Waals surface area contributed by atoms with Gasteiger partial charge in [-0.05, 0) is 52.0 Å². The summed E-state index contributed by atoms with van der Waals surface area (Å²) >= 11 is 0. The number of phenols is 2. The van der Waals surface area contributed by atoms with E-state index in [0.717, 1.165) is 0 Å². The van der Waals surface area contributed by atoms with Gasteiger partial charge in [-0.15, -0.1) is 0 Å². The minimum absolute atomic E-state index is 0. The van der Waals surface area contributed by atoms with Gasteiger partial charge in [0.15, 0.2) is 0 Å². The number of para-hydroxylation sites is 2. The number of rotatable bonds is 0. The third-order valence-corrected chi connectivity index (χ3v) is 1.51. The molecule has 0 aliphatic rings. The number of benzene rings is 2. The molecule has 4 N–H and O–H groups in total. The maximum Gasteiger partial charge on any atom is 0.115 e. The fraction of sp³-hybridized carbons (Fsp3) is 0.333. The summed E-state index contributed by atoms with van der Waals surface area (Å²) < 4.78 is 0. The van der Waals surface area contributed by atoms with Gasteiger partial charge >= 0.3 is 0 Å². The molecular weight excluding hydrogens is 328 g/mol. The van der Waals surface area contributed by atoms with Crippen LogP contribution in [0.3, 0.4) is 0 Å². The number of aliphatic hydroxyl groups excluding tert-OH is 2. The molecule has 0 saturated carbocycles. The van der Waals surface area contributed by atoms with E-state index in [-0.39, 0.29) is 33.9 Å². The average molecular weight is 356 g/mol. The molecule has 2 aromatic rings. The van der Waals surface area contributed by atoms with Gasteiger partial charge in [0.05, 0.1) is 0 Å². The Labute approximate surface area is 154 Å². The van der Waals surface area contributed by atoms with Gasteiger partial charge < -0.3 is 20.4 Å². The fourth-order valence-corrected chi connectivity index (χ4v) is 0.856. The van der Waals surface area contributed by atoms with Crippen molar-refractivity contribution in [1.82, 2.24) is 0 Å². The molecule has 0 spiro atoms. The molecule has 0 aliphatic carbocycles. The predicted octanol–water partition coefficient (Wildman–Crippen LogP) is 3.56. The van der Waals surface area contributed by atoms with Gasteiger partial charge in [0.1, 0.15) is 11.5 Å². The Morgan fingerprint density at radius 1 is 0.565 bits per heavy atom. The van der Waals surface area contributed by atoms with Crippen LogP contribution in [0.25, 0.3) is 0 Å². The third kappa shape index (κ3) is 33.5. The van der Waals surface area contributed by atoms with Crippen LogP contribution in [0.1, 0.15) is 27.7 Å². The first-order valence-electron chi connectivity index (χ1n) is 7.09. The Balaban J connectivity index is -0.000000238. The van der Waals surface area contributed by atoms with Crippen LogP contribution in [0.2, 0.25) is 0 Å². The molecule has 0 radical (unpaired) electrons. The van der Waals surface area contributed by atoms with Crippen LogP contribution < -0.4 is 0 Å². The van der Waals surface area contributed by atoms with Gasteiger partial charge in [0, 0.05) is 33.9 Å². The fourth-order valence-electron chi connectivity index (χ4n) is 0.856. The Hall–Kier alpha value is -1.33. The van der Waals surface area contributed by atoms with Crippen LogP contribution in [-0.2, 0) is 21.7 Å². The number of aromatic hydroxyl groups is 2. The van der Waals surface area contributed by atoms with Crippen molar-refractivity contribution in [3.8, 4) is 11.5 Å². The third-order valence-electron chi connectivity index (χ3n) is 1.51. The zero-order chi connectivity index (χ0) is 17.4. The normalized spacial score (nSPS) is 8.35. The molecule has 0 saturated heterocycles. The van der Waals surface area contributed by atoms with E-state index in [4.69, 9.17) is 20.4 Å². The monoisotopic (exact) mass is 356 g/mol. The maximum atomic E-state index is 8.63. The zero-order valence-electron chi connectivity index (χ0n) is 14.2. The van der Waals surface area contributed by atoms with Gasteiger partial charge in [-0.2, -0.15) is 0 Å². The van der Waals surface area contributed by atoms with E-state index in [1.807, 2.05) is 12.1 Å². The maximum absolute atomic E-state index is 8.63. The average Bonchev–Trinajstić information content (AvgIpc) is 2.40. The standard InChI is InChI=1S/2C6H6O.2C3H8O.Ti/c2*7-6-4-2-1-3-5-6;2*1-3(2)4;/h2*1-5,7H;2*3-4H,1-2H3;. The minimum Gasteiger partial charge on any atom is -0.508 e. The van der Waals surface area contributed by atoms with E-state index < -0.39 is 0 Å². The molecule has 4 nitrogen and oxygen atoms in total. The molecule has 128 valence electrons. The Kier molecular flexibility index (Phi) is 21.6. The molecular formula is C18H28O4Ti. The second-order valence-corrected chi connectivity index (χ2v) is 4.86. The van der Waals surface area contributed by atoms with Crippen molar-refractivity contribution in [2.45, 2.75) is 39.9 Å². The SMILES string of the molecule is CC(C)O.CC(C)O.Oc1ccccc1.Oc1ccccc1.[Ti]. The molecule has 0 unspecified atom stereocenters. The number of phenolic OH excluding ortho intramolecular Hbond substituents is 2. The van der Waals surface area contributed by atoms with Crippen LogP contribution in [0.4, 0.5) is 0 Å². The van der Waals surface area contributed by atoms with Crippen molar-refractivity contribution < 1.29 is 42.1 Å². The molecule has 0 heterocycles. The first kappa shape index (κ1) is 26.6. The van der Waals surface area contributed by atoms with Crippen LogP contribution in [-0.4, -0.2) is 32.6 Å². The van der Waals surface area contributed by atoms with Crippen molar-refractivity contribution in [3.63, 3.8) is 0 Å². The van der Waals surface area contributed by atoms with Crippen molar-refractivity contribution >= 4 is 0 Å². The summed E-state index contributed by atoms with van der Waals surface area (Å²) in [5.41, 5.74) is 0. The van der Waals surface area contributed by atoms with Crippen LogP contribution in [0.15, 0.2) is 60.7 Å². The molecule has 0 bridgehead atoms. The molecule has 2 aromatic carbocycles. The Morgan fingerprint density at radius 3 is 0.826 bits per heavy atom. The largest absolute Gasteiger partial charge is 0.508 e. The van der Waals surface area contributed by atoms with E-state index in [1.165, 1.54) is 0 Å². The Bertz CT molecular complexity index is 384.